The van der Waals surface area contributed by atoms with E-state index < -0.39 is 15.4 Å². The lowest BCUT2D eigenvalue weighted by molar-refractivity contribution is -0.115. The van der Waals surface area contributed by atoms with Crippen LogP contribution in [0.5, 0.6) is 0 Å². The largest absolute Gasteiger partial charge is 0.323 e. The summed E-state index contributed by atoms with van der Waals surface area (Å²) in [6, 6.07) is 0. The summed E-state index contributed by atoms with van der Waals surface area (Å²) in [6.07, 6.45) is 0.953. The van der Waals surface area contributed by atoms with Gasteiger partial charge in [0.2, 0.25) is 5.91 Å². The van der Waals surface area contributed by atoms with E-state index in [-0.39, 0.29) is 17.4 Å². The van der Waals surface area contributed by atoms with E-state index in [0.29, 0.717) is 18.5 Å². The van der Waals surface area contributed by atoms with E-state index in [9.17, 15) is 13.2 Å². The van der Waals surface area contributed by atoms with Crippen molar-refractivity contribution in [3.63, 3.8) is 0 Å². The molecule has 1 aliphatic rings. The van der Waals surface area contributed by atoms with Gasteiger partial charge in [0.1, 0.15) is 0 Å². The number of rotatable bonds is 3. The first-order valence-electron chi connectivity index (χ1n) is 6.75. The van der Waals surface area contributed by atoms with Crippen LogP contribution in [0.1, 0.15) is 38.1 Å². The molecule has 112 valence electrons. The van der Waals surface area contributed by atoms with Gasteiger partial charge in [0.25, 0.3) is 0 Å². The number of hydrogen-bond acceptors (Lipinski definition) is 4. The highest BCUT2D eigenvalue weighted by atomic mass is 32.2. The van der Waals surface area contributed by atoms with E-state index in [4.69, 9.17) is 0 Å². The van der Waals surface area contributed by atoms with Gasteiger partial charge in [0, 0.05) is 6.42 Å². The zero-order valence-corrected chi connectivity index (χ0v) is 13.2. The molecule has 1 amide bonds. The van der Waals surface area contributed by atoms with Crippen molar-refractivity contribution in [3.8, 4) is 0 Å². The maximum Gasteiger partial charge on any atom is 0.224 e. The molecule has 0 aromatic carbocycles. The molecule has 2 heterocycles. The predicted octanol–water partition coefficient (Wildman–Crippen LogP) is 1.38. The Kier molecular flexibility index (Phi) is 3.66. The van der Waals surface area contributed by atoms with Crippen LogP contribution in [0.2, 0.25) is 0 Å². The Morgan fingerprint density at radius 3 is 2.60 bits per heavy atom. The Hall–Kier alpha value is -1.37. The van der Waals surface area contributed by atoms with Crippen molar-refractivity contribution in [2.45, 2.75) is 46.1 Å². The first-order chi connectivity index (χ1) is 9.18. The summed E-state index contributed by atoms with van der Waals surface area (Å²) in [5.74, 6) is 0.224. The minimum Gasteiger partial charge on any atom is -0.323 e. The van der Waals surface area contributed by atoms with E-state index in [0.717, 1.165) is 11.4 Å². The van der Waals surface area contributed by atoms with Crippen molar-refractivity contribution in [2.75, 3.05) is 16.8 Å². The molecule has 2 rings (SSSR count). The van der Waals surface area contributed by atoms with Crippen molar-refractivity contribution in [3.05, 3.63) is 11.4 Å². The molecule has 1 aliphatic heterocycles. The lowest BCUT2D eigenvalue weighted by Crippen LogP contribution is -2.33. The average Bonchev–Trinajstić information content (AvgIpc) is 2.80. The van der Waals surface area contributed by atoms with Crippen molar-refractivity contribution in [1.29, 1.82) is 0 Å². The number of amides is 1. The van der Waals surface area contributed by atoms with Crippen molar-refractivity contribution < 1.29 is 13.2 Å². The monoisotopic (exact) mass is 299 g/mol. The standard InChI is InChI=1S/C13H21N3O3S/c1-5-11(17)14-12-9(2)15-16(10(12)3)13(4)6-7-20(18,19)8-13/h5-8H2,1-4H3,(H,14,17)/t13-/m0/s1. The number of sulfone groups is 1. The van der Waals surface area contributed by atoms with Crippen LogP contribution >= 0.6 is 0 Å². The third kappa shape index (κ3) is 2.59. The summed E-state index contributed by atoms with van der Waals surface area (Å²) in [4.78, 5) is 11.6. The first kappa shape index (κ1) is 15.0. The zero-order chi connectivity index (χ0) is 15.1. The fraction of sp³-hybridized carbons (Fsp3) is 0.692. The molecule has 0 radical (unpaired) electrons. The third-order valence-corrected chi connectivity index (χ3v) is 5.76. The molecule has 0 aliphatic carbocycles. The van der Waals surface area contributed by atoms with Crippen molar-refractivity contribution >= 4 is 21.4 Å². The van der Waals surface area contributed by atoms with Crippen LogP contribution in [0.4, 0.5) is 5.69 Å². The minimum absolute atomic E-state index is 0.0695. The molecule has 0 spiro atoms. The molecule has 1 fully saturated rings. The summed E-state index contributed by atoms with van der Waals surface area (Å²) in [5, 5.41) is 7.29. The molecular weight excluding hydrogens is 278 g/mol. The lowest BCUT2D eigenvalue weighted by Gasteiger charge is -2.24. The van der Waals surface area contributed by atoms with Gasteiger partial charge >= 0.3 is 0 Å². The molecule has 1 saturated heterocycles. The van der Waals surface area contributed by atoms with Gasteiger partial charge in [0.15, 0.2) is 9.84 Å². The second-order valence-corrected chi connectivity index (χ2v) is 7.88. The van der Waals surface area contributed by atoms with Crippen molar-refractivity contribution in [2.24, 2.45) is 0 Å². The lowest BCUT2D eigenvalue weighted by atomic mass is 10.0. The molecular formula is C13H21N3O3S. The molecule has 6 nitrogen and oxygen atoms in total. The van der Waals surface area contributed by atoms with E-state index in [1.165, 1.54) is 0 Å². The first-order valence-corrected chi connectivity index (χ1v) is 8.57. The number of anilines is 1. The highest BCUT2D eigenvalue weighted by Crippen LogP contribution is 2.34. The molecule has 1 aromatic rings. The van der Waals surface area contributed by atoms with E-state index in [1.54, 1.807) is 11.6 Å². The Balaban J connectivity index is 2.40. The van der Waals surface area contributed by atoms with Gasteiger partial charge in [-0.1, -0.05) is 6.92 Å². The Morgan fingerprint density at radius 2 is 2.10 bits per heavy atom. The normalized spacial score (nSPS) is 24.8. The van der Waals surface area contributed by atoms with E-state index >= 15 is 0 Å². The van der Waals surface area contributed by atoms with Crippen LogP contribution in [0, 0.1) is 13.8 Å². The van der Waals surface area contributed by atoms with Gasteiger partial charge in [-0.2, -0.15) is 5.10 Å². The summed E-state index contributed by atoms with van der Waals surface area (Å²) >= 11 is 0. The molecule has 20 heavy (non-hydrogen) atoms. The molecule has 1 aromatic heterocycles. The van der Waals surface area contributed by atoms with Crippen LogP contribution in [0.15, 0.2) is 0 Å². The van der Waals surface area contributed by atoms with Crippen LogP contribution in [0.25, 0.3) is 0 Å². The zero-order valence-electron chi connectivity index (χ0n) is 12.4. The average molecular weight is 299 g/mol. The number of hydrogen-bond donors (Lipinski definition) is 1. The molecule has 0 bridgehead atoms. The van der Waals surface area contributed by atoms with Crippen molar-refractivity contribution in [1.82, 2.24) is 9.78 Å². The molecule has 7 heteroatoms. The number of carbonyl (C=O) groups is 1. The Bertz CT molecular complexity index is 648. The van der Waals surface area contributed by atoms with Crippen LogP contribution in [0.3, 0.4) is 0 Å². The highest BCUT2D eigenvalue weighted by Gasteiger charge is 2.41. The summed E-state index contributed by atoms with van der Waals surface area (Å²) in [5.41, 5.74) is 1.70. The third-order valence-electron chi connectivity index (χ3n) is 3.87. The van der Waals surface area contributed by atoms with E-state index in [1.807, 2.05) is 20.8 Å². The number of aryl methyl sites for hydroxylation is 1. The second kappa shape index (κ2) is 4.87. The summed E-state index contributed by atoms with van der Waals surface area (Å²) in [6.45, 7) is 7.38. The molecule has 1 atom stereocenters. The van der Waals surface area contributed by atoms with Gasteiger partial charge in [-0.3, -0.25) is 9.48 Å². The number of nitrogens with one attached hydrogen (secondary N) is 1. The van der Waals surface area contributed by atoms with E-state index in [2.05, 4.69) is 10.4 Å². The minimum atomic E-state index is -3.00. The molecule has 0 unspecified atom stereocenters. The number of nitrogens with zero attached hydrogens (tertiary/aromatic N) is 2. The quantitative estimate of drug-likeness (QED) is 0.914. The SMILES string of the molecule is CCC(=O)Nc1c(C)nn([C@@]2(C)CCS(=O)(=O)C2)c1C. The topological polar surface area (TPSA) is 81.1 Å². The molecule has 0 saturated carbocycles. The van der Waals surface area contributed by atoms with Crippen LogP contribution in [-0.4, -0.2) is 35.6 Å². The van der Waals surface area contributed by atoms with Gasteiger partial charge in [-0.25, -0.2) is 8.42 Å². The van der Waals surface area contributed by atoms with Gasteiger partial charge in [-0.15, -0.1) is 0 Å². The van der Waals surface area contributed by atoms with Crippen LogP contribution < -0.4 is 5.32 Å². The smallest absolute Gasteiger partial charge is 0.224 e. The fourth-order valence-electron chi connectivity index (χ4n) is 2.74. The van der Waals surface area contributed by atoms with Gasteiger partial charge in [-0.05, 0) is 27.2 Å². The fourth-order valence-corrected chi connectivity index (χ4v) is 4.85. The second-order valence-electron chi connectivity index (χ2n) is 5.70. The number of carbonyl (C=O) groups excluding carboxylic acids is 1. The summed E-state index contributed by atoms with van der Waals surface area (Å²) in [7, 11) is -3.00. The predicted molar refractivity (Wildman–Crippen MR) is 77.5 cm³/mol. The van der Waals surface area contributed by atoms with Gasteiger partial charge < -0.3 is 5.32 Å². The van der Waals surface area contributed by atoms with Crippen LogP contribution in [-0.2, 0) is 20.2 Å². The Labute approximate surface area is 119 Å². The molecule has 1 N–H and O–H groups in total. The van der Waals surface area contributed by atoms with Gasteiger partial charge in [0.05, 0.1) is 34.1 Å². The maximum atomic E-state index is 11.7. The maximum absolute atomic E-state index is 11.7. The Morgan fingerprint density at radius 1 is 1.45 bits per heavy atom. The summed E-state index contributed by atoms with van der Waals surface area (Å²) < 4.78 is 25.2. The number of aromatic nitrogens is 2. The highest BCUT2D eigenvalue weighted by molar-refractivity contribution is 7.91.